The fourth-order valence-corrected chi connectivity index (χ4v) is 3.11. The van der Waals surface area contributed by atoms with Crippen LogP contribution in [-0.4, -0.2) is 21.8 Å². The number of aromatic nitrogens is 2. The van der Waals surface area contributed by atoms with Crippen molar-refractivity contribution in [3.05, 3.63) is 76.1 Å². The number of pyridine rings is 1. The average Bonchev–Trinajstić information content (AvgIpc) is 3.04. The van der Waals surface area contributed by atoms with Crippen molar-refractivity contribution in [3.8, 4) is 0 Å². The van der Waals surface area contributed by atoms with E-state index in [1.54, 1.807) is 6.20 Å². The van der Waals surface area contributed by atoms with Crippen LogP contribution in [0.1, 0.15) is 36.9 Å². The molecule has 126 valence electrons. The molecule has 0 saturated heterocycles. The fraction of sp³-hybridized carbons (Fsp3) is 0.111. The molecule has 0 saturated carbocycles. The molecule has 1 aromatic carbocycles. The predicted octanol–water partition coefficient (Wildman–Crippen LogP) is 2.79. The van der Waals surface area contributed by atoms with Crippen LogP contribution in [0.5, 0.6) is 0 Å². The van der Waals surface area contributed by atoms with E-state index in [1.807, 2.05) is 12.1 Å². The summed E-state index contributed by atoms with van der Waals surface area (Å²) in [4.78, 5) is 32.5. The summed E-state index contributed by atoms with van der Waals surface area (Å²) in [5.74, 6) is -0.965. The second kappa shape index (κ2) is 7.23. The smallest absolute Gasteiger partial charge is 0.276 e. The second-order valence-corrected chi connectivity index (χ2v) is 6.60. The van der Waals surface area contributed by atoms with Gasteiger partial charge in [-0.25, -0.2) is 4.98 Å². The zero-order valence-electron chi connectivity index (χ0n) is 13.5. The molecule has 0 unspecified atom stereocenters. The normalized spacial score (nSPS) is 10.4. The minimum absolute atomic E-state index is 0.195. The Morgan fingerprint density at radius 3 is 2.60 bits per heavy atom. The number of nitrogens with two attached hydrogens (primary N) is 1. The van der Waals surface area contributed by atoms with Gasteiger partial charge in [-0.15, -0.1) is 11.3 Å². The molecule has 2 amide bonds. The lowest BCUT2D eigenvalue weighted by atomic mass is 10.1. The van der Waals surface area contributed by atoms with Gasteiger partial charge in [-0.2, -0.15) is 0 Å². The van der Waals surface area contributed by atoms with Gasteiger partial charge in [-0.1, -0.05) is 24.3 Å². The first-order chi connectivity index (χ1) is 12.0. The molecule has 0 aliphatic heterocycles. The highest BCUT2D eigenvalue weighted by molar-refractivity contribution is 7.15. The monoisotopic (exact) mass is 352 g/mol. The third kappa shape index (κ3) is 4.07. The number of carbonyl (C=O) groups excluding carboxylic acids is 2. The van der Waals surface area contributed by atoms with E-state index in [9.17, 15) is 9.59 Å². The molecule has 0 aliphatic rings. The van der Waals surface area contributed by atoms with Crippen molar-refractivity contribution >= 4 is 28.3 Å². The molecule has 0 fully saturated rings. The Morgan fingerprint density at radius 2 is 1.92 bits per heavy atom. The van der Waals surface area contributed by atoms with Crippen LogP contribution >= 0.6 is 11.3 Å². The molecule has 0 radical (unpaired) electrons. The maximum absolute atomic E-state index is 12.2. The van der Waals surface area contributed by atoms with Crippen molar-refractivity contribution < 1.29 is 9.59 Å². The first kappa shape index (κ1) is 16.8. The molecular formula is C18H16N4O2S. The molecule has 0 spiro atoms. The van der Waals surface area contributed by atoms with Gasteiger partial charge in [0.05, 0.1) is 5.56 Å². The number of benzene rings is 1. The van der Waals surface area contributed by atoms with Gasteiger partial charge in [0.1, 0.15) is 5.69 Å². The summed E-state index contributed by atoms with van der Waals surface area (Å²) >= 11 is 1.42. The Labute approximate surface area is 148 Å². The molecule has 25 heavy (non-hydrogen) atoms. The summed E-state index contributed by atoms with van der Waals surface area (Å²) in [5.41, 5.74) is 8.06. The highest BCUT2D eigenvalue weighted by atomic mass is 32.1. The SMILES string of the molecule is Cc1ccccc1Cc1cnc(NC(=O)c2ccc(C(N)=O)cn2)s1. The average molecular weight is 352 g/mol. The Kier molecular flexibility index (Phi) is 4.85. The number of rotatable bonds is 5. The molecular weight excluding hydrogens is 336 g/mol. The van der Waals surface area contributed by atoms with Gasteiger partial charge in [0.25, 0.3) is 5.91 Å². The van der Waals surface area contributed by atoms with Crippen molar-refractivity contribution in [2.75, 3.05) is 5.32 Å². The van der Waals surface area contributed by atoms with Gasteiger partial charge in [0, 0.05) is 23.7 Å². The van der Waals surface area contributed by atoms with Crippen molar-refractivity contribution in [2.24, 2.45) is 5.73 Å². The van der Waals surface area contributed by atoms with Crippen LogP contribution in [0.4, 0.5) is 5.13 Å². The number of carbonyl (C=O) groups is 2. The molecule has 7 heteroatoms. The van der Waals surface area contributed by atoms with Crippen LogP contribution in [-0.2, 0) is 6.42 Å². The molecule has 2 heterocycles. The van der Waals surface area contributed by atoms with Crippen LogP contribution in [0.3, 0.4) is 0 Å². The number of nitrogens with zero attached hydrogens (tertiary/aromatic N) is 2. The maximum atomic E-state index is 12.2. The van der Waals surface area contributed by atoms with Gasteiger partial charge in [0.15, 0.2) is 5.13 Å². The second-order valence-electron chi connectivity index (χ2n) is 5.49. The molecule has 6 nitrogen and oxygen atoms in total. The number of nitrogens with one attached hydrogen (secondary N) is 1. The van der Waals surface area contributed by atoms with Crippen molar-refractivity contribution in [1.29, 1.82) is 0 Å². The van der Waals surface area contributed by atoms with Crippen LogP contribution in [0.2, 0.25) is 0 Å². The van der Waals surface area contributed by atoms with Crippen LogP contribution in [0.25, 0.3) is 0 Å². The fourth-order valence-electron chi connectivity index (χ4n) is 2.28. The summed E-state index contributed by atoms with van der Waals surface area (Å²) < 4.78 is 0. The molecule has 3 N–H and O–H groups in total. The third-order valence-electron chi connectivity index (χ3n) is 3.68. The van der Waals surface area contributed by atoms with Gasteiger partial charge >= 0.3 is 0 Å². The van der Waals surface area contributed by atoms with Crippen molar-refractivity contribution in [1.82, 2.24) is 9.97 Å². The molecule has 3 aromatic rings. The summed E-state index contributed by atoms with van der Waals surface area (Å²) in [5, 5.41) is 3.23. The summed E-state index contributed by atoms with van der Waals surface area (Å²) in [7, 11) is 0. The number of primary amides is 1. The topological polar surface area (TPSA) is 98.0 Å². The number of hydrogen-bond donors (Lipinski definition) is 2. The number of anilines is 1. The first-order valence-electron chi connectivity index (χ1n) is 7.59. The largest absolute Gasteiger partial charge is 0.366 e. The number of hydrogen-bond acceptors (Lipinski definition) is 5. The Bertz CT molecular complexity index is 919. The molecule has 3 rings (SSSR count). The van der Waals surface area contributed by atoms with Gasteiger partial charge in [0.2, 0.25) is 5.91 Å². The molecule has 0 atom stereocenters. The third-order valence-corrected chi connectivity index (χ3v) is 4.59. The van der Waals surface area contributed by atoms with E-state index in [-0.39, 0.29) is 17.2 Å². The van der Waals surface area contributed by atoms with Crippen LogP contribution < -0.4 is 11.1 Å². The number of aryl methyl sites for hydroxylation is 1. The zero-order chi connectivity index (χ0) is 17.8. The van der Waals surface area contributed by atoms with E-state index in [4.69, 9.17) is 5.73 Å². The van der Waals surface area contributed by atoms with E-state index in [0.717, 1.165) is 11.3 Å². The van der Waals surface area contributed by atoms with E-state index in [1.165, 1.54) is 40.8 Å². The van der Waals surface area contributed by atoms with Gasteiger partial charge < -0.3 is 5.73 Å². The van der Waals surface area contributed by atoms with Crippen molar-refractivity contribution in [3.63, 3.8) is 0 Å². The first-order valence-corrected chi connectivity index (χ1v) is 8.41. The maximum Gasteiger partial charge on any atom is 0.276 e. The Balaban J connectivity index is 1.67. The van der Waals surface area contributed by atoms with E-state index in [2.05, 4.69) is 34.3 Å². The molecule has 0 aliphatic carbocycles. The summed E-state index contributed by atoms with van der Waals surface area (Å²) in [6, 6.07) is 11.1. The standard InChI is InChI=1S/C18H16N4O2S/c1-11-4-2-3-5-12(11)8-14-10-21-18(25-14)22-17(24)15-7-6-13(9-20-15)16(19)23/h2-7,9-10H,8H2,1H3,(H2,19,23)(H,21,22,24). The van der Waals surface area contributed by atoms with E-state index in [0.29, 0.717) is 5.13 Å². The van der Waals surface area contributed by atoms with Crippen LogP contribution in [0.15, 0.2) is 48.8 Å². The quantitative estimate of drug-likeness (QED) is 0.738. The minimum atomic E-state index is -0.583. The van der Waals surface area contributed by atoms with E-state index < -0.39 is 5.91 Å². The Morgan fingerprint density at radius 1 is 1.12 bits per heavy atom. The van der Waals surface area contributed by atoms with Gasteiger partial charge in [-0.05, 0) is 30.2 Å². The Hall–Kier alpha value is -3.06. The molecule has 2 aromatic heterocycles. The number of amides is 2. The van der Waals surface area contributed by atoms with E-state index >= 15 is 0 Å². The zero-order valence-corrected chi connectivity index (χ0v) is 14.3. The predicted molar refractivity (Wildman–Crippen MR) is 96.8 cm³/mol. The lowest BCUT2D eigenvalue weighted by Gasteiger charge is -2.03. The molecule has 0 bridgehead atoms. The lowest BCUT2D eigenvalue weighted by molar-refractivity contribution is 0.0993. The highest BCUT2D eigenvalue weighted by Crippen LogP contribution is 2.22. The van der Waals surface area contributed by atoms with Gasteiger partial charge in [-0.3, -0.25) is 19.9 Å². The van der Waals surface area contributed by atoms with Crippen LogP contribution in [0, 0.1) is 6.92 Å². The minimum Gasteiger partial charge on any atom is -0.366 e. The lowest BCUT2D eigenvalue weighted by Crippen LogP contribution is -2.15. The van der Waals surface area contributed by atoms with Crippen molar-refractivity contribution in [2.45, 2.75) is 13.3 Å². The summed E-state index contributed by atoms with van der Waals surface area (Å²) in [6.07, 6.45) is 3.81. The number of thiazole rings is 1. The highest BCUT2D eigenvalue weighted by Gasteiger charge is 2.12. The summed E-state index contributed by atoms with van der Waals surface area (Å²) in [6.45, 7) is 2.07.